The minimum atomic E-state index is -0.426. The van der Waals surface area contributed by atoms with Gasteiger partial charge in [0.2, 0.25) is 5.76 Å². The summed E-state index contributed by atoms with van der Waals surface area (Å²) in [5, 5.41) is 8.64. The molecule has 1 aliphatic heterocycles. The highest BCUT2D eigenvalue weighted by atomic mass is 16.5. The largest absolute Gasteiger partial charge is 0.463 e. The zero-order valence-electron chi connectivity index (χ0n) is 14.1. The Hall–Kier alpha value is -2.67. The number of aromatic nitrogens is 3. The van der Waals surface area contributed by atoms with Gasteiger partial charge in [0.05, 0.1) is 13.4 Å². The van der Waals surface area contributed by atoms with E-state index in [2.05, 4.69) is 19.5 Å². The van der Waals surface area contributed by atoms with Gasteiger partial charge >= 0.3 is 5.97 Å². The highest BCUT2D eigenvalue weighted by Gasteiger charge is 2.26. The number of piperidine rings is 1. The molecule has 1 saturated heterocycles. The molecule has 130 valence electrons. The maximum absolute atomic E-state index is 11.7. The van der Waals surface area contributed by atoms with E-state index in [1.165, 1.54) is 13.4 Å². The number of ether oxygens (including phenoxy) is 1. The number of hydrogen-bond acceptors (Lipinski definition) is 6. The first-order chi connectivity index (χ1) is 12.3. The summed E-state index contributed by atoms with van der Waals surface area (Å²) in [6, 6.07) is 7.78. The number of methoxy groups -OCH3 is 1. The van der Waals surface area contributed by atoms with Crippen LogP contribution in [0, 0.1) is 0 Å². The first-order valence-corrected chi connectivity index (χ1v) is 8.43. The number of hydrogen-bond donors (Lipinski definition) is 0. The minimum Gasteiger partial charge on any atom is -0.463 e. The second-order valence-electron chi connectivity index (χ2n) is 6.30. The van der Waals surface area contributed by atoms with E-state index in [9.17, 15) is 4.79 Å². The Morgan fingerprint density at radius 1 is 1.28 bits per heavy atom. The smallest absolute Gasteiger partial charge is 0.374 e. The van der Waals surface area contributed by atoms with Crippen molar-refractivity contribution in [2.45, 2.75) is 25.3 Å². The standard InChI is InChI=1S/C18H20N4O3/c1-24-18(23)16-14(7-11-25-16)12-21-9-5-13(6-10-21)17-20-19-15-4-2-3-8-22(15)17/h2-4,7-8,11,13H,5-6,9-10,12H2,1H3. The fourth-order valence-corrected chi connectivity index (χ4v) is 3.46. The second kappa shape index (κ2) is 6.68. The van der Waals surface area contributed by atoms with E-state index < -0.39 is 5.97 Å². The van der Waals surface area contributed by atoms with Crippen LogP contribution in [0.3, 0.4) is 0 Å². The lowest BCUT2D eigenvalue weighted by Gasteiger charge is -2.30. The van der Waals surface area contributed by atoms with E-state index in [0.29, 0.717) is 18.2 Å². The molecular formula is C18H20N4O3. The summed E-state index contributed by atoms with van der Waals surface area (Å²) in [6.45, 7) is 2.57. The third kappa shape index (κ3) is 3.02. The molecule has 1 fully saturated rings. The number of carbonyl (C=O) groups excluding carboxylic acids is 1. The van der Waals surface area contributed by atoms with Gasteiger partial charge < -0.3 is 9.15 Å². The predicted molar refractivity (Wildman–Crippen MR) is 90.3 cm³/mol. The molecule has 0 radical (unpaired) electrons. The maximum atomic E-state index is 11.7. The van der Waals surface area contributed by atoms with E-state index >= 15 is 0 Å². The molecule has 3 aromatic rings. The van der Waals surface area contributed by atoms with Crippen LogP contribution in [0.2, 0.25) is 0 Å². The van der Waals surface area contributed by atoms with Crippen molar-refractivity contribution < 1.29 is 13.9 Å². The highest BCUT2D eigenvalue weighted by molar-refractivity contribution is 5.87. The van der Waals surface area contributed by atoms with Gasteiger partial charge in [-0.3, -0.25) is 9.30 Å². The van der Waals surface area contributed by atoms with Crippen LogP contribution in [0.15, 0.2) is 41.1 Å². The molecule has 3 aromatic heterocycles. The molecule has 4 rings (SSSR count). The first kappa shape index (κ1) is 15.8. The number of fused-ring (bicyclic) bond motifs is 1. The van der Waals surface area contributed by atoms with Gasteiger partial charge in [0.15, 0.2) is 5.65 Å². The van der Waals surface area contributed by atoms with Gasteiger partial charge in [-0.15, -0.1) is 10.2 Å². The molecule has 0 aliphatic carbocycles. The average molecular weight is 340 g/mol. The predicted octanol–water partition coefficient (Wildman–Crippen LogP) is 2.49. The van der Waals surface area contributed by atoms with Crippen LogP contribution in [0.25, 0.3) is 5.65 Å². The molecular weight excluding hydrogens is 320 g/mol. The Bertz CT molecular complexity index is 877. The van der Waals surface area contributed by atoms with Gasteiger partial charge in [-0.2, -0.15) is 0 Å². The van der Waals surface area contributed by atoms with Crippen LogP contribution in [0.5, 0.6) is 0 Å². The topological polar surface area (TPSA) is 72.9 Å². The molecule has 25 heavy (non-hydrogen) atoms. The molecule has 0 N–H and O–H groups in total. The molecule has 0 bridgehead atoms. The van der Waals surface area contributed by atoms with Crippen LogP contribution in [-0.2, 0) is 11.3 Å². The molecule has 7 nitrogen and oxygen atoms in total. The number of carbonyl (C=O) groups is 1. The van der Waals surface area contributed by atoms with E-state index in [0.717, 1.165) is 43.0 Å². The van der Waals surface area contributed by atoms with Crippen LogP contribution in [-0.4, -0.2) is 45.7 Å². The Kier molecular flexibility index (Phi) is 4.23. The maximum Gasteiger partial charge on any atom is 0.374 e. The van der Waals surface area contributed by atoms with E-state index in [1.807, 2.05) is 30.5 Å². The van der Waals surface area contributed by atoms with Crippen LogP contribution >= 0.6 is 0 Å². The van der Waals surface area contributed by atoms with E-state index in [4.69, 9.17) is 9.15 Å². The Balaban J connectivity index is 1.42. The summed E-state index contributed by atoms with van der Waals surface area (Å²) in [6.07, 6.45) is 5.59. The SMILES string of the molecule is COC(=O)c1occc1CN1CCC(c2nnc3ccccn23)CC1. The molecule has 0 unspecified atom stereocenters. The van der Waals surface area contributed by atoms with E-state index in [1.54, 1.807) is 0 Å². The van der Waals surface area contributed by atoms with Gasteiger partial charge in [-0.05, 0) is 44.1 Å². The van der Waals surface area contributed by atoms with Gasteiger partial charge in [-0.25, -0.2) is 4.79 Å². The van der Waals surface area contributed by atoms with Crippen molar-refractivity contribution in [2.75, 3.05) is 20.2 Å². The van der Waals surface area contributed by atoms with Gasteiger partial charge in [-0.1, -0.05) is 6.07 Å². The molecule has 0 spiro atoms. The highest BCUT2D eigenvalue weighted by Crippen LogP contribution is 2.28. The van der Waals surface area contributed by atoms with Gasteiger partial charge in [0, 0.05) is 24.2 Å². The van der Waals surface area contributed by atoms with Gasteiger partial charge in [0.1, 0.15) is 5.82 Å². The molecule has 0 atom stereocenters. The number of likely N-dealkylation sites (tertiary alicyclic amines) is 1. The van der Waals surface area contributed by atoms with Crippen molar-refractivity contribution in [1.29, 1.82) is 0 Å². The quantitative estimate of drug-likeness (QED) is 0.680. The fourth-order valence-electron chi connectivity index (χ4n) is 3.46. The molecule has 0 amide bonds. The molecule has 0 saturated carbocycles. The summed E-state index contributed by atoms with van der Waals surface area (Å²) in [4.78, 5) is 14.0. The monoisotopic (exact) mass is 340 g/mol. The summed E-state index contributed by atoms with van der Waals surface area (Å²) in [7, 11) is 1.36. The summed E-state index contributed by atoms with van der Waals surface area (Å²) >= 11 is 0. The number of esters is 1. The van der Waals surface area contributed by atoms with Crippen LogP contribution in [0.4, 0.5) is 0 Å². The van der Waals surface area contributed by atoms with Gasteiger partial charge in [0.25, 0.3) is 0 Å². The Labute approximate surface area is 145 Å². The molecule has 4 heterocycles. The zero-order valence-corrected chi connectivity index (χ0v) is 14.1. The van der Waals surface area contributed by atoms with Crippen molar-refractivity contribution in [3.8, 4) is 0 Å². The second-order valence-corrected chi connectivity index (χ2v) is 6.30. The lowest BCUT2D eigenvalue weighted by Crippen LogP contribution is -2.33. The number of pyridine rings is 1. The zero-order chi connectivity index (χ0) is 17.2. The van der Waals surface area contributed by atoms with Crippen molar-refractivity contribution in [2.24, 2.45) is 0 Å². The summed E-state index contributed by atoms with van der Waals surface area (Å²) in [5.41, 5.74) is 1.76. The summed E-state index contributed by atoms with van der Waals surface area (Å²) in [5.74, 6) is 1.31. The van der Waals surface area contributed by atoms with Crippen molar-refractivity contribution in [1.82, 2.24) is 19.5 Å². The van der Waals surface area contributed by atoms with Crippen molar-refractivity contribution in [3.63, 3.8) is 0 Å². The lowest BCUT2D eigenvalue weighted by atomic mass is 9.95. The number of rotatable bonds is 4. The third-order valence-electron chi connectivity index (χ3n) is 4.80. The first-order valence-electron chi connectivity index (χ1n) is 8.43. The summed E-state index contributed by atoms with van der Waals surface area (Å²) < 4.78 is 12.1. The van der Waals surface area contributed by atoms with Crippen molar-refractivity contribution in [3.05, 3.63) is 53.9 Å². The minimum absolute atomic E-state index is 0.299. The Morgan fingerprint density at radius 3 is 2.92 bits per heavy atom. The average Bonchev–Trinajstić information content (AvgIpc) is 3.29. The van der Waals surface area contributed by atoms with E-state index in [-0.39, 0.29) is 0 Å². The third-order valence-corrected chi connectivity index (χ3v) is 4.80. The Morgan fingerprint density at radius 2 is 2.12 bits per heavy atom. The van der Waals surface area contributed by atoms with Crippen LogP contribution in [0.1, 0.15) is 40.7 Å². The molecule has 7 heteroatoms. The molecule has 0 aromatic carbocycles. The lowest BCUT2D eigenvalue weighted by molar-refractivity contribution is 0.0561. The van der Waals surface area contributed by atoms with Crippen molar-refractivity contribution >= 4 is 11.6 Å². The normalized spacial score (nSPS) is 16.4. The number of furan rings is 1. The number of nitrogens with zero attached hydrogens (tertiary/aromatic N) is 4. The fraction of sp³-hybridized carbons (Fsp3) is 0.389. The molecule has 1 aliphatic rings. The van der Waals surface area contributed by atoms with Crippen LogP contribution < -0.4 is 0 Å².